The van der Waals surface area contributed by atoms with Crippen LogP contribution in [-0.2, 0) is 0 Å². The van der Waals surface area contributed by atoms with Gasteiger partial charge in [0, 0.05) is 0 Å². The van der Waals surface area contributed by atoms with Crippen LogP contribution in [0.15, 0.2) is 9.21 Å². The molecule has 7 heteroatoms. The van der Waals surface area contributed by atoms with Crippen LogP contribution in [0.4, 0.5) is 11.7 Å². The van der Waals surface area contributed by atoms with E-state index in [1.807, 2.05) is 0 Å². The van der Waals surface area contributed by atoms with Gasteiger partial charge in [-0.25, -0.2) is 5.10 Å². The standard InChI is InChI=1S/C4H5N5O2/c5-1-2(10)7-9-3(1)11-4(6)8-9/h5H2,(H2,6,8)(H,7,10). The summed E-state index contributed by atoms with van der Waals surface area (Å²) in [5.41, 5.74) is 10.2. The molecule has 0 aliphatic heterocycles. The third-order valence-corrected chi connectivity index (χ3v) is 1.27. The van der Waals surface area contributed by atoms with Crippen LogP contribution in [0.3, 0.4) is 0 Å². The van der Waals surface area contributed by atoms with E-state index in [2.05, 4.69) is 10.2 Å². The molecule has 0 aliphatic rings. The molecule has 2 aromatic rings. The number of anilines is 2. The first-order chi connectivity index (χ1) is 5.18. The van der Waals surface area contributed by atoms with Gasteiger partial charge in [-0.3, -0.25) is 4.79 Å². The Morgan fingerprint density at radius 2 is 2.27 bits per heavy atom. The number of hydrogen-bond acceptors (Lipinski definition) is 5. The number of nitrogens with zero attached hydrogens (tertiary/aromatic N) is 2. The SMILES string of the molecule is Nc1nn2[nH]c(=O)c(N)c2o1. The van der Waals surface area contributed by atoms with Gasteiger partial charge >= 0.3 is 6.01 Å². The number of aromatic amines is 1. The summed E-state index contributed by atoms with van der Waals surface area (Å²) in [5.74, 6) is 0. The van der Waals surface area contributed by atoms with Crippen molar-refractivity contribution < 1.29 is 4.42 Å². The van der Waals surface area contributed by atoms with Crippen LogP contribution in [0.25, 0.3) is 5.71 Å². The van der Waals surface area contributed by atoms with Crippen LogP contribution in [0.1, 0.15) is 0 Å². The number of H-pyrrole nitrogens is 1. The van der Waals surface area contributed by atoms with Crippen LogP contribution in [0.5, 0.6) is 0 Å². The Balaban J connectivity index is 2.99. The number of hydrogen-bond donors (Lipinski definition) is 3. The van der Waals surface area contributed by atoms with Gasteiger partial charge in [0.05, 0.1) is 0 Å². The van der Waals surface area contributed by atoms with E-state index in [0.717, 1.165) is 4.63 Å². The second-order valence-corrected chi connectivity index (χ2v) is 2.01. The first kappa shape index (κ1) is 5.83. The van der Waals surface area contributed by atoms with Crippen molar-refractivity contribution in [2.75, 3.05) is 11.5 Å². The lowest BCUT2D eigenvalue weighted by atomic mass is 10.6. The summed E-state index contributed by atoms with van der Waals surface area (Å²) in [5, 5.41) is 5.89. The van der Waals surface area contributed by atoms with Gasteiger partial charge in [0.1, 0.15) is 0 Å². The Labute approximate surface area is 59.6 Å². The van der Waals surface area contributed by atoms with Crippen molar-refractivity contribution in [2.45, 2.75) is 0 Å². The largest absolute Gasteiger partial charge is 0.402 e. The summed E-state index contributed by atoms with van der Waals surface area (Å²) in [4.78, 5) is 10.8. The average molecular weight is 155 g/mol. The van der Waals surface area contributed by atoms with Crippen molar-refractivity contribution in [2.24, 2.45) is 0 Å². The van der Waals surface area contributed by atoms with E-state index >= 15 is 0 Å². The van der Waals surface area contributed by atoms with Gasteiger partial charge in [-0.15, -0.1) is 4.63 Å². The topological polar surface area (TPSA) is 115 Å². The summed E-state index contributed by atoms with van der Waals surface area (Å²) >= 11 is 0. The van der Waals surface area contributed by atoms with Crippen LogP contribution < -0.4 is 17.0 Å². The second kappa shape index (κ2) is 1.57. The lowest BCUT2D eigenvalue weighted by Crippen LogP contribution is -2.06. The number of nitrogen functional groups attached to an aromatic ring is 2. The van der Waals surface area contributed by atoms with E-state index in [1.165, 1.54) is 0 Å². The van der Waals surface area contributed by atoms with Gasteiger partial charge in [0.15, 0.2) is 5.69 Å². The van der Waals surface area contributed by atoms with Gasteiger partial charge in [0.2, 0.25) is 0 Å². The zero-order valence-electron chi connectivity index (χ0n) is 5.37. The summed E-state index contributed by atoms with van der Waals surface area (Å²) in [7, 11) is 0. The fourth-order valence-corrected chi connectivity index (χ4v) is 0.805. The predicted octanol–water partition coefficient (Wildman–Crippen LogP) is -1.22. The van der Waals surface area contributed by atoms with E-state index in [0.29, 0.717) is 0 Å². The van der Waals surface area contributed by atoms with E-state index in [4.69, 9.17) is 15.9 Å². The summed E-state index contributed by atoms with van der Waals surface area (Å²) in [6.07, 6.45) is 0. The quantitative estimate of drug-likeness (QED) is 0.441. The fraction of sp³-hybridized carbons (Fsp3) is 0. The molecule has 0 spiro atoms. The lowest BCUT2D eigenvalue weighted by molar-refractivity contribution is 0.624. The van der Waals surface area contributed by atoms with E-state index in [-0.39, 0.29) is 17.4 Å². The molecule has 11 heavy (non-hydrogen) atoms. The first-order valence-corrected chi connectivity index (χ1v) is 2.81. The van der Waals surface area contributed by atoms with E-state index in [9.17, 15) is 4.79 Å². The molecule has 0 bridgehead atoms. The third-order valence-electron chi connectivity index (χ3n) is 1.27. The number of nitrogens with one attached hydrogen (secondary N) is 1. The number of nitrogens with two attached hydrogens (primary N) is 2. The zero-order valence-corrected chi connectivity index (χ0v) is 5.37. The molecule has 0 fully saturated rings. The molecule has 5 N–H and O–H groups in total. The highest BCUT2D eigenvalue weighted by molar-refractivity contribution is 5.60. The van der Waals surface area contributed by atoms with E-state index < -0.39 is 5.56 Å². The average Bonchev–Trinajstić information content (AvgIpc) is 2.37. The molecule has 0 atom stereocenters. The molecular weight excluding hydrogens is 150 g/mol. The minimum absolute atomic E-state index is 0.0193. The maximum atomic E-state index is 10.8. The maximum Gasteiger partial charge on any atom is 0.313 e. The molecule has 2 heterocycles. The van der Waals surface area contributed by atoms with Crippen molar-refractivity contribution in [3.8, 4) is 0 Å². The van der Waals surface area contributed by atoms with Crippen molar-refractivity contribution in [1.82, 2.24) is 14.8 Å². The Morgan fingerprint density at radius 3 is 2.91 bits per heavy atom. The van der Waals surface area contributed by atoms with Crippen LogP contribution in [0, 0.1) is 0 Å². The Hall–Kier alpha value is -1.92. The Morgan fingerprint density at radius 1 is 1.55 bits per heavy atom. The molecule has 0 aromatic carbocycles. The molecule has 0 amide bonds. The predicted molar refractivity (Wildman–Crippen MR) is 36.9 cm³/mol. The summed E-state index contributed by atoms with van der Waals surface area (Å²) < 4.78 is 5.88. The molecule has 0 saturated heterocycles. The molecule has 0 radical (unpaired) electrons. The molecule has 7 nitrogen and oxygen atoms in total. The maximum absolute atomic E-state index is 10.8. The van der Waals surface area contributed by atoms with Crippen LogP contribution >= 0.6 is 0 Å². The third kappa shape index (κ3) is 0.613. The first-order valence-electron chi connectivity index (χ1n) is 2.81. The van der Waals surface area contributed by atoms with Gasteiger partial charge in [0.25, 0.3) is 11.3 Å². The number of rotatable bonds is 0. The smallest absolute Gasteiger partial charge is 0.313 e. The number of fused-ring (bicyclic) bond motifs is 1. The highest BCUT2D eigenvalue weighted by atomic mass is 16.4. The van der Waals surface area contributed by atoms with Gasteiger partial charge in [-0.1, -0.05) is 5.10 Å². The highest BCUT2D eigenvalue weighted by Gasteiger charge is 2.10. The molecule has 0 saturated carbocycles. The minimum Gasteiger partial charge on any atom is -0.402 e. The van der Waals surface area contributed by atoms with Crippen molar-refractivity contribution in [1.29, 1.82) is 0 Å². The fourth-order valence-electron chi connectivity index (χ4n) is 0.805. The number of aromatic nitrogens is 3. The highest BCUT2D eigenvalue weighted by Crippen LogP contribution is 2.09. The van der Waals surface area contributed by atoms with Crippen LogP contribution in [-0.4, -0.2) is 14.8 Å². The molecule has 0 aliphatic carbocycles. The van der Waals surface area contributed by atoms with Gasteiger partial charge in [-0.2, -0.15) is 0 Å². The van der Waals surface area contributed by atoms with E-state index in [1.54, 1.807) is 0 Å². The Bertz CT molecular complexity index is 448. The molecule has 0 unspecified atom stereocenters. The van der Waals surface area contributed by atoms with Crippen LogP contribution in [0.2, 0.25) is 0 Å². The molecule has 2 aromatic heterocycles. The summed E-state index contributed by atoms with van der Waals surface area (Å²) in [6.45, 7) is 0. The van der Waals surface area contributed by atoms with Crippen molar-refractivity contribution in [3.05, 3.63) is 10.4 Å². The minimum atomic E-state index is -0.434. The van der Waals surface area contributed by atoms with Crippen molar-refractivity contribution >= 4 is 17.4 Å². The second-order valence-electron chi connectivity index (χ2n) is 2.01. The Kier molecular flexibility index (Phi) is 0.831. The molecule has 2 rings (SSSR count). The van der Waals surface area contributed by atoms with Crippen molar-refractivity contribution in [3.63, 3.8) is 0 Å². The van der Waals surface area contributed by atoms with Gasteiger partial charge < -0.3 is 15.9 Å². The normalized spacial score (nSPS) is 10.9. The lowest BCUT2D eigenvalue weighted by Gasteiger charge is -1.76. The molecular formula is C4H5N5O2. The zero-order chi connectivity index (χ0) is 8.01. The van der Waals surface area contributed by atoms with Gasteiger partial charge in [-0.05, 0) is 0 Å². The summed E-state index contributed by atoms with van der Waals surface area (Å²) in [6, 6.07) is -0.0389. The monoisotopic (exact) mass is 155 g/mol. The molecule has 58 valence electrons.